The van der Waals surface area contributed by atoms with Gasteiger partial charge >= 0.3 is 0 Å². The number of fused-ring (bicyclic) bond motifs is 1. The van der Waals surface area contributed by atoms with Crippen molar-refractivity contribution in [1.82, 2.24) is 19.4 Å². The number of halogens is 1. The first-order chi connectivity index (χ1) is 11.2. The number of aromatic hydroxyl groups is 1. The fraction of sp³-hybridized carbons (Fsp3) is 0.0625. The lowest BCUT2D eigenvalue weighted by atomic mass is 10.3. The highest BCUT2D eigenvalue weighted by Crippen LogP contribution is 2.30. The maximum Gasteiger partial charge on any atom is 0.234 e. The van der Waals surface area contributed by atoms with Crippen LogP contribution in [0, 0.1) is 6.92 Å². The van der Waals surface area contributed by atoms with Crippen molar-refractivity contribution in [1.29, 1.82) is 0 Å². The van der Waals surface area contributed by atoms with Crippen LogP contribution in [0.5, 0.6) is 5.75 Å². The van der Waals surface area contributed by atoms with Gasteiger partial charge in [0, 0.05) is 29.5 Å². The number of rotatable bonds is 3. The molecule has 6 nitrogen and oxygen atoms in total. The van der Waals surface area contributed by atoms with E-state index in [0.29, 0.717) is 5.78 Å². The first-order valence-corrected chi connectivity index (χ1v) is 7.90. The molecule has 0 atom stereocenters. The fourth-order valence-corrected chi connectivity index (χ4v) is 3.17. The van der Waals surface area contributed by atoms with E-state index in [0.717, 1.165) is 27.9 Å². The summed E-state index contributed by atoms with van der Waals surface area (Å²) >= 11 is 1.50. The van der Waals surface area contributed by atoms with E-state index in [9.17, 15) is 5.11 Å². The van der Waals surface area contributed by atoms with Crippen molar-refractivity contribution in [3.63, 3.8) is 0 Å². The average Bonchev–Trinajstić information content (AvgIpc) is 3.10. The Hall–Kier alpha value is -2.45. The first-order valence-electron chi connectivity index (χ1n) is 7.02. The van der Waals surface area contributed by atoms with Crippen LogP contribution < -0.4 is 5.32 Å². The van der Waals surface area contributed by atoms with Gasteiger partial charge < -0.3 is 10.4 Å². The van der Waals surface area contributed by atoms with E-state index in [1.54, 1.807) is 24.4 Å². The Morgan fingerprint density at radius 2 is 2.08 bits per heavy atom. The van der Waals surface area contributed by atoms with Crippen LogP contribution >= 0.6 is 28.3 Å². The lowest BCUT2D eigenvalue weighted by Gasteiger charge is -2.02. The number of aromatic nitrogens is 4. The van der Waals surface area contributed by atoms with Gasteiger partial charge in [-0.25, -0.2) is 15.0 Å². The van der Waals surface area contributed by atoms with Crippen LogP contribution in [-0.2, 0) is 0 Å². The Morgan fingerprint density at radius 3 is 2.92 bits per heavy atom. The summed E-state index contributed by atoms with van der Waals surface area (Å²) in [6.45, 7) is 1.95. The van der Waals surface area contributed by atoms with Gasteiger partial charge in [-0.05, 0) is 25.1 Å². The van der Waals surface area contributed by atoms with Crippen molar-refractivity contribution in [2.75, 3.05) is 5.32 Å². The Labute approximate surface area is 152 Å². The predicted octanol–water partition coefficient (Wildman–Crippen LogP) is 4.19. The second-order valence-corrected chi connectivity index (χ2v) is 5.91. The highest BCUT2D eigenvalue weighted by Gasteiger charge is 2.14. The van der Waals surface area contributed by atoms with Crippen LogP contribution in [0.4, 0.5) is 10.8 Å². The molecule has 1 aromatic carbocycles. The molecule has 0 fully saturated rings. The molecule has 3 aromatic heterocycles. The van der Waals surface area contributed by atoms with Gasteiger partial charge in [0.2, 0.25) is 5.78 Å². The number of imidazole rings is 1. The number of benzene rings is 1. The lowest BCUT2D eigenvalue weighted by molar-refractivity contribution is 0.475. The van der Waals surface area contributed by atoms with Gasteiger partial charge in [-0.3, -0.25) is 4.40 Å². The molecule has 0 bridgehead atoms. The Bertz CT molecular complexity index is 997. The number of aryl methyl sites for hydroxylation is 1. The summed E-state index contributed by atoms with van der Waals surface area (Å²) < 4.78 is 1.93. The number of anilines is 2. The summed E-state index contributed by atoms with van der Waals surface area (Å²) in [7, 11) is 0. The molecule has 0 aliphatic rings. The summed E-state index contributed by atoms with van der Waals surface area (Å²) in [4.78, 5) is 13.3. The molecule has 8 heteroatoms. The zero-order valence-corrected chi connectivity index (χ0v) is 15.2. The van der Waals surface area contributed by atoms with Crippen LogP contribution in [-0.4, -0.2) is 24.5 Å². The van der Waals surface area contributed by atoms with E-state index in [-0.39, 0.29) is 22.7 Å². The molecule has 0 amide bonds. The Balaban J connectivity index is 0.00000169. The molecule has 0 radical (unpaired) electrons. The number of thiazole rings is 1. The quantitative estimate of drug-likeness (QED) is 0.536. The van der Waals surface area contributed by atoms with Gasteiger partial charge in [0.25, 0.3) is 0 Å². The molecule has 122 valence electrons. The van der Waals surface area contributed by atoms with E-state index in [2.05, 4.69) is 20.3 Å². The summed E-state index contributed by atoms with van der Waals surface area (Å²) in [6, 6.07) is 8.82. The minimum atomic E-state index is 0. The topological polar surface area (TPSA) is 75.3 Å². The smallest absolute Gasteiger partial charge is 0.234 e. The van der Waals surface area contributed by atoms with Crippen molar-refractivity contribution in [2.45, 2.75) is 6.92 Å². The van der Waals surface area contributed by atoms with Gasteiger partial charge in [-0.1, -0.05) is 6.07 Å². The van der Waals surface area contributed by atoms with Gasteiger partial charge in [0.1, 0.15) is 11.4 Å². The molecule has 0 saturated heterocycles. The third-order valence-electron chi connectivity index (χ3n) is 3.42. The molecular weight excluding hydrogens is 390 g/mol. The SMILES string of the molecule is Br.Cc1nc2ncccn2c1-c1csc(Nc2cccc(O)c2)n1. The second kappa shape index (κ2) is 6.58. The number of phenolic OH excluding ortho intramolecular Hbond substituents is 1. The van der Waals surface area contributed by atoms with E-state index in [4.69, 9.17) is 0 Å². The van der Waals surface area contributed by atoms with Gasteiger partial charge in [-0.2, -0.15) is 0 Å². The Kier molecular flexibility index (Phi) is 4.50. The predicted molar refractivity (Wildman–Crippen MR) is 101 cm³/mol. The zero-order valence-electron chi connectivity index (χ0n) is 12.7. The maximum absolute atomic E-state index is 9.53. The van der Waals surface area contributed by atoms with Crippen LogP contribution in [0.2, 0.25) is 0 Å². The number of nitrogens with zero attached hydrogens (tertiary/aromatic N) is 4. The largest absolute Gasteiger partial charge is 0.508 e. The standard InChI is InChI=1S/C16H13N5OS.BrH/c1-10-14(21-7-3-6-17-15(21)18-10)13-9-23-16(20-13)19-11-4-2-5-12(22)8-11;/h2-9,22H,1H3,(H,19,20);1H. The van der Waals surface area contributed by atoms with Crippen molar-refractivity contribution in [3.8, 4) is 17.1 Å². The van der Waals surface area contributed by atoms with Crippen LogP contribution in [0.25, 0.3) is 17.2 Å². The minimum absolute atomic E-state index is 0. The molecule has 0 unspecified atom stereocenters. The summed E-state index contributed by atoms with van der Waals surface area (Å²) in [5, 5.41) is 15.5. The number of hydrogen-bond acceptors (Lipinski definition) is 6. The lowest BCUT2D eigenvalue weighted by Crippen LogP contribution is -1.92. The molecule has 0 aliphatic heterocycles. The minimum Gasteiger partial charge on any atom is -0.508 e. The summed E-state index contributed by atoms with van der Waals surface area (Å²) in [5.41, 5.74) is 3.46. The molecular formula is C16H14BrN5OS. The van der Waals surface area contributed by atoms with Gasteiger partial charge in [-0.15, -0.1) is 28.3 Å². The first kappa shape index (κ1) is 16.4. The van der Waals surface area contributed by atoms with Crippen LogP contribution in [0.3, 0.4) is 0 Å². The van der Waals surface area contributed by atoms with Gasteiger partial charge in [0.05, 0.1) is 11.4 Å². The van der Waals surface area contributed by atoms with Crippen LogP contribution in [0.1, 0.15) is 5.69 Å². The molecule has 0 aliphatic carbocycles. The molecule has 0 spiro atoms. The summed E-state index contributed by atoms with van der Waals surface area (Å²) in [5.74, 6) is 0.881. The number of nitrogens with one attached hydrogen (secondary N) is 1. The van der Waals surface area contributed by atoms with Crippen molar-refractivity contribution < 1.29 is 5.11 Å². The zero-order chi connectivity index (χ0) is 15.8. The molecule has 0 saturated carbocycles. The van der Waals surface area contributed by atoms with E-state index < -0.39 is 0 Å². The Morgan fingerprint density at radius 1 is 1.21 bits per heavy atom. The third kappa shape index (κ3) is 2.98. The van der Waals surface area contributed by atoms with Gasteiger partial charge in [0.15, 0.2) is 5.13 Å². The van der Waals surface area contributed by atoms with Crippen molar-refractivity contribution >= 4 is 44.9 Å². The van der Waals surface area contributed by atoms with E-state index in [1.807, 2.05) is 35.0 Å². The third-order valence-corrected chi connectivity index (χ3v) is 4.18. The molecule has 4 rings (SSSR count). The highest BCUT2D eigenvalue weighted by molar-refractivity contribution is 8.93. The van der Waals surface area contributed by atoms with Crippen molar-refractivity contribution in [3.05, 3.63) is 53.8 Å². The number of hydrogen-bond donors (Lipinski definition) is 2. The molecule has 4 aromatic rings. The maximum atomic E-state index is 9.53. The van der Waals surface area contributed by atoms with Crippen LogP contribution in [0.15, 0.2) is 48.1 Å². The monoisotopic (exact) mass is 403 g/mol. The van der Waals surface area contributed by atoms with E-state index in [1.165, 1.54) is 11.3 Å². The normalized spacial score (nSPS) is 10.5. The number of phenols is 1. The highest BCUT2D eigenvalue weighted by atomic mass is 79.9. The van der Waals surface area contributed by atoms with Crippen molar-refractivity contribution in [2.24, 2.45) is 0 Å². The van der Waals surface area contributed by atoms with E-state index >= 15 is 0 Å². The average molecular weight is 404 g/mol. The fourth-order valence-electron chi connectivity index (χ4n) is 2.45. The molecule has 24 heavy (non-hydrogen) atoms. The summed E-state index contributed by atoms with van der Waals surface area (Å²) in [6.07, 6.45) is 3.65. The molecule has 2 N–H and O–H groups in total. The molecule has 3 heterocycles. The second-order valence-electron chi connectivity index (χ2n) is 5.05.